The van der Waals surface area contributed by atoms with Gasteiger partial charge in [-0.3, -0.25) is 4.79 Å². The maximum Gasteiger partial charge on any atom is 0.339 e. The Hall–Kier alpha value is -2.74. The number of aromatic nitrogens is 3. The summed E-state index contributed by atoms with van der Waals surface area (Å²) < 4.78 is 7.14. The quantitative estimate of drug-likeness (QED) is 0.657. The fraction of sp³-hybridized carbons (Fsp3) is 0.368. The zero-order valence-corrected chi connectivity index (χ0v) is 16.5. The lowest BCUT2D eigenvalue weighted by atomic mass is 10.1. The third-order valence-electron chi connectivity index (χ3n) is 3.99. The van der Waals surface area contributed by atoms with Crippen molar-refractivity contribution in [2.24, 2.45) is 0 Å². The molecular weight excluding hydrogens is 364 g/mol. The zero-order chi connectivity index (χ0) is 19.6. The van der Waals surface area contributed by atoms with Gasteiger partial charge in [-0.05, 0) is 45.2 Å². The molecule has 3 heterocycles. The predicted molar refractivity (Wildman–Crippen MR) is 105 cm³/mol. The summed E-state index contributed by atoms with van der Waals surface area (Å²) in [7, 11) is 0. The normalized spacial score (nSPS) is 12.3. The first-order valence-corrected chi connectivity index (χ1v) is 9.70. The number of nitrogens with zero attached hydrogens (tertiary/aromatic N) is 3. The van der Waals surface area contributed by atoms with Gasteiger partial charge in [0, 0.05) is 12.6 Å². The SMILES string of the molecule is CCn1ncc2c(C(=O)OC(C)C(=O)NC(C)C)cc(-c3cccs3)nc21. The van der Waals surface area contributed by atoms with Gasteiger partial charge in [-0.15, -0.1) is 11.3 Å². The van der Waals surface area contributed by atoms with Crippen LogP contribution in [0.25, 0.3) is 21.6 Å². The zero-order valence-electron chi connectivity index (χ0n) is 15.7. The second kappa shape index (κ2) is 7.87. The van der Waals surface area contributed by atoms with E-state index in [-0.39, 0.29) is 11.9 Å². The Balaban J connectivity index is 1.98. The fourth-order valence-electron chi connectivity index (χ4n) is 2.68. The minimum Gasteiger partial charge on any atom is -0.449 e. The van der Waals surface area contributed by atoms with Crippen LogP contribution in [0.3, 0.4) is 0 Å². The average Bonchev–Trinajstić information content (AvgIpc) is 3.29. The number of esters is 1. The van der Waals surface area contributed by atoms with Crippen molar-refractivity contribution >= 4 is 34.2 Å². The number of hydrogen-bond donors (Lipinski definition) is 1. The van der Waals surface area contributed by atoms with Crippen LogP contribution >= 0.6 is 11.3 Å². The van der Waals surface area contributed by atoms with Crippen LogP contribution in [0.15, 0.2) is 29.8 Å². The number of carbonyl (C=O) groups excluding carboxylic acids is 2. The summed E-state index contributed by atoms with van der Waals surface area (Å²) in [6, 6.07) is 5.55. The van der Waals surface area contributed by atoms with E-state index >= 15 is 0 Å². The molecule has 0 saturated heterocycles. The Morgan fingerprint density at radius 2 is 2.11 bits per heavy atom. The lowest BCUT2D eigenvalue weighted by Gasteiger charge is -2.16. The smallest absolute Gasteiger partial charge is 0.339 e. The molecule has 0 saturated carbocycles. The minimum absolute atomic E-state index is 0.0282. The Labute approximate surface area is 161 Å². The van der Waals surface area contributed by atoms with Gasteiger partial charge in [0.1, 0.15) is 0 Å². The molecule has 0 spiro atoms. The van der Waals surface area contributed by atoms with Crippen LogP contribution in [-0.4, -0.2) is 38.8 Å². The van der Waals surface area contributed by atoms with Gasteiger partial charge >= 0.3 is 5.97 Å². The number of ether oxygens (including phenoxy) is 1. The highest BCUT2D eigenvalue weighted by molar-refractivity contribution is 7.13. The summed E-state index contributed by atoms with van der Waals surface area (Å²) >= 11 is 1.54. The second-order valence-electron chi connectivity index (χ2n) is 6.44. The Morgan fingerprint density at radius 3 is 2.74 bits per heavy atom. The molecular formula is C19H22N4O3S. The summed E-state index contributed by atoms with van der Waals surface area (Å²) in [4.78, 5) is 30.5. The van der Waals surface area contributed by atoms with E-state index in [0.717, 1.165) is 4.88 Å². The maximum absolute atomic E-state index is 12.8. The third-order valence-corrected chi connectivity index (χ3v) is 4.88. The van der Waals surface area contributed by atoms with E-state index < -0.39 is 12.1 Å². The van der Waals surface area contributed by atoms with Gasteiger partial charge in [0.2, 0.25) is 0 Å². The molecule has 3 rings (SSSR count). The molecule has 0 fully saturated rings. The molecule has 1 unspecified atom stereocenters. The van der Waals surface area contributed by atoms with Crippen LogP contribution in [0.2, 0.25) is 0 Å². The van der Waals surface area contributed by atoms with E-state index in [0.29, 0.717) is 28.8 Å². The number of hydrogen-bond acceptors (Lipinski definition) is 6. The van der Waals surface area contributed by atoms with Crippen molar-refractivity contribution in [2.45, 2.75) is 46.4 Å². The Morgan fingerprint density at radius 1 is 1.33 bits per heavy atom. The number of thiophene rings is 1. The maximum atomic E-state index is 12.8. The van der Waals surface area contributed by atoms with Crippen LogP contribution in [0.1, 0.15) is 38.1 Å². The topological polar surface area (TPSA) is 86.1 Å². The molecule has 0 bridgehead atoms. The molecule has 8 heteroatoms. The first-order valence-electron chi connectivity index (χ1n) is 8.82. The van der Waals surface area contributed by atoms with Gasteiger partial charge in [-0.25, -0.2) is 14.5 Å². The lowest BCUT2D eigenvalue weighted by molar-refractivity contribution is -0.129. The van der Waals surface area contributed by atoms with Crippen molar-refractivity contribution in [3.8, 4) is 10.6 Å². The molecule has 142 valence electrons. The number of carbonyl (C=O) groups is 2. The van der Waals surface area contributed by atoms with Crippen LogP contribution in [0.4, 0.5) is 0 Å². The lowest BCUT2D eigenvalue weighted by Crippen LogP contribution is -2.39. The van der Waals surface area contributed by atoms with E-state index in [4.69, 9.17) is 4.74 Å². The molecule has 0 aliphatic carbocycles. The van der Waals surface area contributed by atoms with Crippen molar-refractivity contribution in [2.75, 3.05) is 0 Å². The first-order chi connectivity index (χ1) is 12.9. The first kappa shape index (κ1) is 19.0. The van der Waals surface area contributed by atoms with Gasteiger partial charge in [0.05, 0.1) is 27.7 Å². The highest BCUT2D eigenvalue weighted by atomic mass is 32.1. The average molecular weight is 386 g/mol. The number of pyridine rings is 1. The van der Waals surface area contributed by atoms with E-state index in [1.807, 2.05) is 38.3 Å². The molecule has 1 atom stereocenters. The van der Waals surface area contributed by atoms with Crippen LogP contribution < -0.4 is 5.32 Å². The summed E-state index contributed by atoms with van der Waals surface area (Å²) in [6.07, 6.45) is 0.717. The van der Waals surface area contributed by atoms with Gasteiger partial charge in [-0.1, -0.05) is 6.07 Å². The third kappa shape index (κ3) is 4.00. The minimum atomic E-state index is -0.894. The molecule has 0 aromatic carbocycles. The van der Waals surface area contributed by atoms with Crippen LogP contribution in [0.5, 0.6) is 0 Å². The van der Waals surface area contributed by atoms with Crippen LogP contribution in [0, 0.1) is 0 Å². The van der Waals surface area contributed by atoms with E-state index in [1.54, 1.807) is 23.9 Å². The number of aryl methyl sites for hydroxylation is 1. The number of amides is 1. The van der Waals surface area contributed by atoms with Gasteiger partial charge < -0.3 is 10.1 Å². The summed E-state index contributed by atoms with van der Waals surface area (Å²) in [6.45, 7) is 7.86. The highest BCUT2D eigenvalue weighted by Crippen LogP contribution is 2.28. The fourth-order valence-corrected chi connectivity index (χ4v) is 3.36. The summed E-state index contributed by atoms with van der Waals surface area (Å²) in [5, 5.41) is 9.61. The highest BCUT2D eigenvalue weighted by Gasteiger charge is 2.23. The molecule has 1 N–H and O–H groups in total. The van der Waals surface area contributed by atoms with Crippen molar-refractivity contribution in [3.05, 3.63) is 35.3 Å². The molecule has 0 aliphatic rings. The van der Waals surface area contributed by atoms with Crippen molar-refractivity contribution in [1.29, 1.82) is 0 Å². The van der Waals surface area contributed by atoms with E-state index in [1.165, 1.54) is 11.3 Å². The standard InChI is InChI=1S/C19H22N4O3S/c1-5-23-17-14(10-20-23)13(9-15(22-17)16-7-6-8-27-16)19(25)26-12(4)18(24)21-11(2)3/h6-12H,5H2,1-4H3,(H,21,24). The number of rotatable bonds is 6. The molecule has 3 aromatic rings. The molecule has 3 aromatic heterocycles. The number of fused-ring (bicyclic) bond motifs is 1. The largest absolute Gasteiger partial charge is 0.449 e. The van der Waals surface area contributed by atoms with Crippen molar-refractivity contribution in [3.63, 3.8) is 0 Å². The van der Waals surface area contributed by atoms with E-state index in [2.05, 4.69) is 15.4 Å². The van der Waals surface area contributed by atoms with Gasteiger partial charge in [0.15, 0.2) is 11.8 Å². The molecule has 1 amide bonds. The molecule has 27 heavy (non-hydrogen) atoms. The summed E-state index contributed by atoms with van der Waals surface area (Å²) in [5.41, 5.74) is 1.65. The van der Waals surface area contributed by atoms with Crippen molar-refractivity contribution in [1.82, 2.24) is 20.1 Å². The second-order valence-corrected chi connectivity index (χ2v) is 7.39. The molecule has 0 radical (unpaired) electrons. The number of nitrogens with one attached hydrogen (secondary N) is 1. The van der Waals surface area contributed by atoms with Crippen molar-refractivity contribution < 1.29 is 14.3 Å². The molecule has 0 aliphatic heterocycles. The Kier molecular flexibility index (Phi) is 5.55. The van der Waals surface area contributed by atoms with Gasteiger partial charge in [-0.2, -0.15) is 5.10 Å². The molecule has 7 nitrogen and oxygen atoms in total. The predicted octanol–water partition coefficient (Wildman–Crippen LogP) is 3.25. The van der Waals surface area contributed by atoms with Gasteiger partial charge in [0.25, 0.3) is 5.91 Å². The summed E-state index contributed by atoms with van der Waals surface area (Å²) in [5.74, 6) is -0.895. The van der Waals surface area contributed by atoms with Crippen LogP contribution in [-0.2, 0) is 16.1 Å². The van der Waals surface area contributed by atoms with E-state index in [9.17, 15) is 9.59 Å². The Bertz CT molecular complexity index is 963. The monoisotopic (exact) mass is 386 g/mol.